The van der Waals surface area contributed by atoms with Crippen molar-refractivity contribution in [1.29, 1.82) is 0 Å². The molecule has 3 aromatic rings. The molecule has 37 heavy (non-hydrogen) atoms. The van der Waals surface area contributed by atoms with Crippen LogP contribution in [0, 0.1) is 6.92 Å². The van der Waals surface area contributed by atoms with E-state index in [1.54, 1.807) is 29.4 Å². The van der Waals surface area contributed by atoms with Crippen LogP contribution in [-0.2, 0) is 21.2 Å². The third-order valence-electron chi connectivity index (χ3n) is 5.53. The second kappa shape index (κ2) is 12.0. The number of imidazole rings is 1. The monoisotopic (exact) mass is 529 g/mol. The predicted octanol–water partition coefficient (Wildman–Crippen LogP) is 0.847. The van der Waals surface area contributed by atoms with E-state index in [0.717, 1.165) is 29.0 Å². The van der Waals surface area contributed by atoms with Crippen molar-refractivity contribution in [2.45, 2.75) is 19.8 Å². The number of sulfonamides is 1. The van der Waals surface area contributed by atoms with Gasteiger partial charge in [0.25, 0.3) is 0 Å². The highest BCUT2D eigenvalue weighted by Gasteiger charge is 2.16. The molecule has 1 amide bonds. The van der Waals surface area contributed by atoms with Gasteiger partial charge in [0.1, 0.15) is 25.4 Å². The van der Waals surface area contributed by atoms with Crippen LogP contribution in [0.1, 0.15) is 17.7 Å². The summed E-state index contributed by atoms with van der Waals surface area (Å²) in [7, 11) is -3.30. The zero-order chi connectivity index (χ0) is 26.3. The zero-order valence-electron chi connectivity index (χ0n) is 20.9. The number of nitrogens with one attached hydrogen (secondary N) is 2. The molecule has 1 aromatic carbocycles. The molecule has 13 heteroatoms. The van der Waals surface area contributed by atoms with Crippen molar-refractivity contribution in [3.05, 3.63) is 54.2 Å². The van der Waals surface area contributed by atoms with Gasteiger partial charge in [0, 0.05) is 43.8 Å². The molecule has 0 saturated carbocycles. The maximum atomic E-state index is 12.9. The number of benzene rings is 1. The lowest BCUT2D eigenvalue weighted by atomic mass is 10.1. The molecule has 1 aliphatic heterocycles. The first-order valence-electron chi connectivity index (χ1n) is 12.0. The number of nitrogens with zero attached hydrogens (tertiary/aromatic N) is 5. The quantitative estimate of drug-likeness (QED) is 0.327. The summed E-state index contributed by atoms with van der Waals surface area (Å²) in [4.78, 5) is 27.8. The summed E-state index contributed by atoms with van der Waals surface area (Å²) in [5.41, 5.74) is 1.76. The number of aromatic nitrogens is 4. The number of ether oxygens (including phenoxy) is 2. The molecule has 0 radical (unpaired) electrons. The normalized spacial score (nSPS) is 12.8. The van der Waals surface area contributed by atoms with Crippen LogP contribution in [0.5, 0.6) is 11.5 Å². The van der Waals surface area contributed by atoms with Crippen molar-refractivity contribution in [3.63, 3.8) is 0 Å². The van der Waals surface area contributed by atoms with Gasteiger partial charge in [0.2, 0.25) is 21.9 Å². The first-order valence-corrected chi connectivity index (χ1v) is 13.8. The Morgan fingerprint density at radius 1 is 1.14 bits per heavy atom. The van der Waals surface area contributed by atoms with Crippen LogP contribution in [0.4, 0.5) is 5.82 Å². The average Bonchev–Trinajstić information content (AvgIpc) is 3.40. The van der Waals surface area contributed by atoms with Gasteiger partial charge in [-0.15, -0.1) is 0 Å². The number of aryl methyl sites for hydroxylation is 1. The molecule has 0 fully saturated rings. The van der Waals surface area contributed by atoms with Crippen LogP contribution < -0.4 is 24.4 Å². The summed E-state index contributed by atoms with van der Waals surface area (Å²) in [5, 5.41) is 2.96. The average molecular weight is 530 g/mol. The number of amides is 1. The minimum absolute atomic E-state index is 0.0554. The first kappa shape index (κ1) is 26.4. The lowest BCUT2D eigenvalue weighted by Gasteiger charge is -2.24. The van der Waals surface area contributed by atoms with Crippen LogP contribution in [0.25, 0.3) is 5.95 Å². The van der Waals surface area contributed by atoms with Gasteiger partial charge >= 0.3 is 0 Å². The fraction of sp³-hybridized carbons (Fsp3) is 0.417. The number of anilines is 1. The molecule has 1 aliphatic rings. The number of fused-ring (bicyclic) bond motifs is 1. The summed E-state index contributed by atoms with van der Waals surface area (Å²) in [5.74, 6) is 2.28. The smallest absolute Gasteiger partial charge is 0.239 e. The van der Waals surface area contributed by atoms with Crippen molar-refractivity contribution < 1.29 is 22.7 Å². The molecule has 0 spiro atoms. The minimum Gasteiger partial charge on any atom is -0.486 e. The molecule has 12 nitrogen and oxygen atoms in total. The first-order chi connectivity index (χ1) is 17.8. The highest BCUT2D eigenvalue weighted by atomic mass is 32.2. The fourth-order valence-electron chi connectivity index (χ4n) is 3.81. The van der Waals surface area contributed by atoms with Gasteiger partial charge in [-0.1, -0.05) is 6.07 Å². The van der Waals surface area contributed by atoms with E-state index in [0.29, 0.717) is 50.9 Å². The van der Waals surface area contributed by atoms with Crippen molar-refractivity contribution in [2.75, 3.05) is 50.5 Å². The van der Waals surface area contributed by atoms with Gasteiger partial charge in [-0.25, -0.2) is 23.1 Å². The third kappa shape index (κ3) is 7.89. The second-order valence-corrected chi connectivity index (χ2v) is 10.5. The Bertz CT molecular complexity index is 1320. The molecular formula is C24H31N7O5S. The Labute approximate surface area is 216 Å². The van der Waals surface area contributed by atoms with Crippen LogP contribution in [0.15, 0.2) is 43.0 Å². The topological polar surface area (TPSA) is 141 Å². The predicted molar refractivity (Wildman–Crippen MR) is 138 cm³/mol. The summed E-state index contributed by atoms with van der Waals surface area (Å²) >= 11 is 0. The maximum absolute atomic E-state index is 12.9. The Morgan fingerprint density at radius 3 is 2.70 bits per heavy atom. The molecule has 4 rings (SSSR count). The van der Waals surface area contributed by atoms with Crippen molar-refractivity contribution in [3.8, 4) is 17.4 Å². The Hall–Kier alpha value is -3.71. The van der Waals surface area contributed by atoms with Gasteiger partial charge in [-0.2, -0.15) is 4.98 Å². The van der Waals surface area contributed by atoms with E-state index < -0.39 is 10.0 Å². The lowest BCUT2D eigenvalue weighted by molar-refractivity contribution is -0.119. The summed E-state index contributed by atoms with van der Waals surface area (Å²) in [6.45, 7) is 4.08. The van der Waals surface area contributed by atoms with Crippen LogP contribution in [0.2, 0.25) is 0 Å². The lowest BCUT2D eigenvalue weighted by Crippen LogP contribution is -2.40. The van der Waals surface area contributed by atoms with Crippen molar-refractivity contribution in [1.82, 2.24) is 29.6 Å². The standard InChI is InChI=1S/C24H31N7O5S/c1-18-14-22(29-24(28-18)31-11-9-25-17-31)30(10-3-7-27-37(2,33)34)16-23(32)26-8-6-19-4-5-20-21(15-19)36-13-12-35-20/h4-5,9,11,14-15,17,27H,3,6-8,10,12-13,16H2,1-2H3,(H,26,32). The molecule has 0 aliphatic carbocycles. The van der Waals surface area contributed by atoms with E-state index in [-0.39, 0.29) is 19.0 Å². The number of carbonyl (C=O) groups excluding carboxylic acids is 1. The SMILES string of the molecule is Cc1cc(N(CCCNS(C)(=O)=O)CC(=O)NCCc2ccc3c(c2)OCCO3)nc(-n2ccnc2)n1. The Kier molecular flexibility index (Phi) is 8.56. The van der Waals surface area contributed by atoms with E-state index in [9.17, 15) is 13.2 Å². The van der Waals surface area contributed by atoms with Gasteiger partial charge in [-0.05, 0) is 37.5 Å². The van der Waals surface area contributed by atoms with Crippen LogP contribution >= 0.6 is 0 Å². The molecule has 3 heterocycles. The van der Waals surface area contributed by atoms with Gasteiger partial charge < -0.3 is 19.7 Å². The Morgan fingerprint density at radius 2 is 1.95 bits per heavy atom. The Balaban J connectivity index is 1.40. The number of hydrogen-bond acceptors (Lipinski definition) is 9. The van der Waals surface area contributed by atoms with Gasteiger partial charge in [0.15, 0.2) is 11.5 Å². The zero-order valence-corrected chi connectivity index (χ0v) is 21.7. The third-order valence-corrected chi connectivity index (χ3v) is 6.26. The number of hydrogen-bond donors (Lipinski definition) is 2. The van der Waals surface area contributed by atoms with E-state index in [1.807, 2.05) is 30.0 Å². The molecular weight excluding hydrogens is 498 g/mol. The molecule has 0 saturated heterocycles. The second-order valence-electron chi connectivity index (χ2n) is 8.66. The minimum atomic E-state index is -3.30. The largest absolute Gasteiger partial charge is 0.486 e. The summed E-state index contributed by atoms with van der Waals surface area (Å²) < 4.78 is 38.2. The van der Waals surface area contributed by atoms with E-state index >= 15 is 0 Å². The van der Waals surface area contributed by atoms with Gasteiger partial charge in [-0.3, -0.25) is 9.36 Å². The highest BCUT2D eigenvalue weighted by Crippen LogP contribution is 2.30. The fourth-order valence-corrected chi connectivity index (χ4v) is 4.33. The van der Waals surface area contributed by atoms with E-state index in [1.165, 1.54) is 0 Å². The molecule has 0 atom stereocenters. The van der Waals surface area contributed by atoms with Crippen LogP contribution in [0.3, 0.4) is 0 Å². The van der Waals surface area contributed by atoms with Gasteiger partial charge in [0.05, 0.1) is 12.8 Å². The van der Waals surface area contributed by atoms with Crippen LogP contribution in [-0.4, -0.2) is 79.5 Å². The molecule has 0 unspecified atom stereocenters. The summed E-state index contributed by atoms with van der Waals surface area (Å²) in [6, 6.07) is 7.57. The summed E-state index contributed by atoms with van der Waals surface area (Å²) in [6.07, 6.45) is 7.21. The molecule has 0 bridgehead atoms. The number of rotatable bonds is 12. The number of carbonyl (C=O) groups is 1. The van der Waals surface area contributed by atoms with E-state index in [4.69, 9.17) is 9.47 Å². The molecule has 2 aromatic heterocycles. The maximum Gasteiger partial charge on any atom is 0.239 e. The molecule has 198 valence electrons. The molecule has 2 N–H and O–H groups in total. The van der Waals surface area contributed by atoms with Crippen molar-refractivity contribution >= 4 is 21.7 Å². The highest BCUT2D eigenvalue weighted by molar-refractivity contribution is 7.88. The van der Waals surface area contributed by atoms with E-state index in [2.05, 4.69) is 25.0 Å². The van der Waals surface area contributed by atoms with Crippen molar-refractivity contribution in [2.24, 2.45) is 0 Å².